The summed E-state index contributed by atoms with van der Waals surface area (Å²) in [5, 5.41) is 6.78. The number of piperidine rings is 1. The van der Waals surface area contributed by atoms with E-state index in [0.29, 0.717) is 12.6 Å². The quantitative estimate of drug-likeness (QED) is 0.741. The molecule has 4 nitrogen and oxygen atoms in total. The number of nitrogens with one attached hydrogen (secondary N) is 2. The molecule has 0 bridgehead atoms. The van der Waals surface area contributed by atoms with E-state index in [0.717, 1.165) is 25.4 Å². The molecule has 1 fully saturated rings. The van der Waals surface area contributed by atoms with Crippen molar-refractivity contribution >= 4 is 24.8 Å². The number of rotatable bonds is 3. The van der Waals surface area contributed by atoms with Gasteiger partial charge in [-0.1, -0.05) is 0 Å². The molecule has 0 unspecified atom stereocenters. The van der Waals surface area contributed by atoms with Gasteiger partial charge in [0.25, 0.3) is 0 Å². The van der Waals surface area contributed by atoms with Gasteiger partial charge in [0.2, 0.25) is 0 Å². The molecule has 2 aliphatic rings. The van der Waals surface area contributed by atoms with Crippen molar-refractivity contribution in [2.45, 2.75) is 18.9 Å². The molecule has 6 heteroatoms. The zero-order valence-corrected chi connectivity index (χ0v) is 10.2. The Balaban J connectivity index is 0.000000980. The Hall–Kier alpha value is -0.000000000000000111. The molecule has 0 saturated carbocycles. The molecule has 0 radical (unpaired) electrons. The van der Waals surface area contributed by atoms with Gasteiger partial charge in [-0.15, -0.1) is 24.8 Å². The minimum Gasteiger partial charge on any atom is -0.341 e. The smallest absolute Gasteiger partial charge is 0.154 e. The molecule has 0 aromatic carbocycles. The van der Waals surface area contributed by atoms with Gasteiger partial charge in [-0.2, -0.15) is 4.89 Å². The summed E-state index contributed by atoms with van der Waals surface area (Å²) in [7, 11) is 0. The van der Waals surface area contributed by atoms with E-state index in [1.54, 1.807) is 0 Å². The van der Waals surface area contributed by atoms with Crippen LogP contribution in [0.3, 0.4) is 0 Å². The highest BCUT2D eigenvalue weighted by Crippen LogP contribution is 2.07. The maximum atomic E-state index is 4.93. The normalized spacial score (nSPS) is 20.9. The van der Waals surface area contributed by atoms with Gasteiger partial charge >= 0.3 is 0 Å². The molecule has 2 heterocycles. The predicted molar refractivity (Wildman–Crippen MR) is 63.5 cm³/mol. The largest absolute Gasteiger partial charge is 0.341 e. The van der Waals surface area contributed by atoms with E-state index in [4.69, 9.17) is 9.78 Å². The maximum absolute atomic E-state index is 4.93. The highest BCUT2D eigenvalue weighted by Gasteiger charge is 2.14. The summed E-state index contributed by atoms with van der Waals surface area (Å²) in [6.07, 6.45) is 4.37. The second-order valence-electron chi connectivity index (χ2n) is 3.44. The fourth-order valence-corrected chi connectivity index (χ4v) is 1.64. The van der Waals surface area contributed by atoms with Crippen LogP contribution in [-0.4, -0.2) is 32.3 Å². The first-order chi connectivity index (χ1) is 6.45. The van der Waals surface area contributed by atoms with Gasteiger partial charge in [0.15, 0.2) is 5.76 Å². The van der Waals surface area contributed by atoms with Crippen molar-refractivity contribution in [3.63, 3.8) is 0 Å². The molecule has 0 amide bonds. The minimum absolute atomic E-state index is 0. The number of hydrogen-bond donors (Lipinski definition) is 2. The van der Waals surface area contributed by atoms with Crippen LogP contribution in [0.2, 0.25) is 0 Å². The SMILES string of the molecule is C1=C(CNC2CCNCC2)OOC1.Cl.Cl. The second-order valence-corrected chi connectivity index (χ2v) is 3.44. The molecule has 90 valence electrons. The Morgan fingerprint density at radius 2 is 2.07 bits per heavy atom. The fourth-order valence-electron chi connectivity index (χ4n) is 1.64. The average Bonchev–Trinajstić information content (AvgIpc) is 2.69. The molecule has 0 spiro atoms. The van der Waals surface area contributed by atoms with Crippen molar-refractivity contribution in [3.8, 4) is 0 Å². The summed E-state index contributed by atoms with van der Waals surface area (Å²) in [6.45, 7) is 3.62. The lowest BCUT2D eigenvalue weighted by molar-refractivity contribution is -0.234. The van der Waals surface area contributed by atoms with E-state index >= 15 is 0 Å². The van der Waals surface area contributed by atoms with Gasteiger partial charge < -0.3 is 15.5 Å². The van der Waals surface area contributed by atoms with Crippen molar-refractivity contribution in [2.75, 3.05) is 26.2 Å². The van der Waals surface area contributed by atoms with Crippen LogP contribution in [0.1, 0.15) is 12.8 Å². The van der Waals surface area contributed by atoms with Gasteiger partial charge in [-0.3, -0.25) is 0 Å². The van der Waals surface area contributed by atoms with Crippen molar-refractivity contribution in [3.05, 3.63) is 11.8 Å². The monoisotopic (exact) mass is 256 g/mol. The van der Waals surface area contributed by atoms with Gasteiger partial charge in [0.05, 0.1) is 6.54 Å². The number of hydrogen-bond acceptors (Lipinski definition) is 4. The highest BCUT2D eigenvalue weighted by atomic mass is 35.5. The van der Waals surface area contributed by atoms with E-state index in [1.807, 2.05) is 6.08 Å². The van der Waals surface area contributed by atoms with Gasteiger partial charge in [-0.05, 0) is 32.0 Å². The summed E-state index contributed by atoms with van der Waals surface area (Å²) in [5.41, 5.74) is 0. The van der Waals surface area contributed by atoms with E-state index < -0.39 is 0 Å². The van der Waals surface area contributed by atoms with E-state index in [2.05, 4.69) is 10.6 Å². The van der Waals surface area contributed by atoms with Crippen molar-refractivity contribution in [1.29, 1.82) is 0 Å². The van der Waals surface area contributed by atoms with E-state index in [1.165, 1.54) is 12.8 Å². The van der Waals surface area contributed by atoms with Crippen LogP contribution in [0.4, 0.5) is 0 Å². The van der Waals surface area contributed by atoms with Crippen LogP contribution >= 0.6 is 24.8 Å². The summed E-state index contributed by atoms with van der Waals surface area (Å²) in [6, 6.07) is 0.631. The molecule has 0 aliphatic carbocycles. The third-order valence-electron chi connectivity index (χ3n) is 2.45. The lowest BCUT2D eigenvalue weighted by Gasteiger charge is -2.23. The Labute approximate surface area is 103 Å². The molecular formula is C9H18Cl2N2O2. The Bertz CT molecular complexity index is 197. The molecule has 0 aromatic heterocycles. The van der Waals surface area contributed by atoms with Gasteiger partial charge in [0, 0.05) is 6.04 Å². The minimum atomic E-state index is 0. The van der Waals surface area contributed by atoms with E-state index in [-0.39, 0.29) is 24.8 Å². The van der Waals surface area contributed by atoms with Crippen LogP contribution in [0.5, 0.6) is 0 Å². The maximum Gasteiger partial charge on any atom is 0.154 e. The van der Waals surface area contributed by atoms with Crippen LogP contribution in [0, 0.1) is 0 Å². The second kappa shape index (κ2) is 8.19. The summed E-state index contributed by atoms with van der Waals surface area (Å²) in [5.74, 6) is 0.915. The predicted octanol–water partition coefficient (Wildman–Crippen LogP) is 1.02. The number of halogens is 2. The topological polar surface area (TPSA) is 42.5 Å². The Kier molecular flexibility index (Phi) is 8.19. The first-order valence-electron chi connectivity index (χ1n) is 4.88. The summed E-state index contributed by atoms with van der Waals surface area (Å²) >= 11 is 0. The average molecular weight is 257 g/mol. The van der Waals surface area contributed by atoms with Crippen LogP contribution in [-0.2, 0) is 9.78 Å². The van der Waals surface area contributed by atoms with Crippen LogP contribution in [0.15, 0.2) is 11.8 Å². The first kappa shape index (κ1) is 15.0. The fraction of sp³-hybridized carbons (Fsp3) is 0.778. The first-order valence-corrected chi connectivity index (χ1v) is 4.88. The molecule has 2 aliphatic heterocycles. The molecule has 2 N–H and O–H groups in total. The molecule has 1 saturated heterocycles. The molecular weight excluding hydrogens is 239 g/mol. The van der Waals surface area contributed by atoms with Crippen LogP contribution < -0.4 is 10.6 Å². The van der Waals surface area contributed by atoms with E-state index in [9.17, 15) is 0 Å². The summed E-state index contributed by atoms with van der Waals surface area (Å²) < 4.78 is 0. The standard InChI is InChI=1S/C9H16N2O2.2ClH/c1-4-10-5-2-8(1)11-7-9-3-6-12-13-9;;/h3,8,10-11H,1-2,4-7H2;2*1H. The lowest BCUT2D eigenvalue weighted by atomic mass is 10.1. The summed E-state index contributed by atoms with van der Waals surface area (Å²) in [4.78, 5) is 9.68. The third kappa shape index (κ3) is 5.04. The zero-order valence-electron chi connectivity index (χ0n) is 8.53. The highest BCUT2D eigenvalue weighted by molar-refractivity contribution is 5.85. The third-order valence-corrected chi connectivity index (χ3v) is 2.45. The molecule has 0 atom stereocenters. The molecule has 2 rings (SSSR count). The molecule has 15 heavy (non-hydrogen) atoms. The van der Waals surface area contributed by atoms with Gasteiger partial charge in [-0.25, -0.2) is 0 Å². The van der Waals surface area contributed by atoms with Crippen molar-refractivity contribution < 1.29 is 9.78 Å². The lowest BCUT2D eigenvalue weighted by Crippen LogP contribution is -2.40. The zero-order chi connectivity index (χ0) is 8.93. The molecule has 0 aromatic rings. The Morgan fingerprint density at radius 1 is 1.33 bits per heavy atom. The van der Waals surface area contributed by atoms with Crippen LogP contribution in [0.25, 0.3) is 0 Å². The Morgan fingerprint density at radius 3 is 2.67 bits per heavy atom. The van der Waals surface area contributed by atoms with Gasteiger partial charge in [0.1, 0.15) is 6.61 Å². The van der Waals surface area contributed by atoms with Crippen molar-refractivity contribution in [2.24, 2.45) is 0 Å². The van der Waals surface area contributed by atoms with Crippen molar-refractivity contribution in [1.82, 2.24) is 10.6 Å².